The Morgan fingerprint density at radius 3 is 2.76 bits per heavy atom. The predicted molar refractivity (Wildman–Crippen MR) is 143 cm³/mol. The minimum Gasteiger partial charge on any atom is -0.492 e. The summed E-state index contributed by atoms with van der Waals surface area (Å²) >= 11 is 0. The van der Waals surface area contributed by atoms with Crippen molar-refractivity contribution in [3.05, 3.63) is 66.9 Å². The summed E-state index contributed by atoms with van der Waals surface area (Å²) < 4.78 is 20.6. The summed E-state index contributed by atoms with van der Waals surface area (Å²) in [5.74, 6) is 0.144. The van der Waals surface area contributed by atoms with Crippen LogP contribution in [0.1, 0.15) is 12.8 Å². The van der Waals surface area contributed by atoms with Gasteiger partial charge in [0, 0.05) is 47.0 Å². The van der Waals surface area contributed by atoms with Gasteiger partial charge in [0.25, 0.3) is 0 Å². The van der Waals surface area contributed by atoms with Crippen molar-refractivity contribution in [1.82, 2.24) is 40.2 Å². The number of nitrogens with one attached hydrogen (secondary N) is 3. The van der Waals surface area contributed by atoms with Crippen LogP contribution in [-0.4, -0.2) is 66.5 Å². The van der Waals surface area contributed by atoms with E-state index in [0.29, 0.717) is 29.3 Å². The fourth-order valence-electron chi connectivity index (χ4n) is 5.13. The molecule has 190 valence electrons. The highest BCUT2D eigenvalue weighted by atomic mass is 19.1. The van der Waals surface area contributed by atoms with E-state index < -0.39 is 0 Å². The number of rotatable bonds is 7. The summed E-state index contributed by atoms with van der Waals surface area (Å²) in [6, 6.07) is 12.5. The second kappa shape index (κ2) is 9.38. The molecule has 0 atom stereocenters. The number of ether oxygens (including phenoxy) is 1. The first-order valence-electron chi connectivity index (χ1n) is 12.7. The van der Waals surface area contributed by atoms with Gasteiger partial charge < -0.3 is 9.72 Å². The average molecular weight is 509 g/mol. The first-order chi connectivity index (χ1) is 18.7. The molecule has 1 fully saturated rings. The van der Waals surface area contributed by atoms with Crippen molar-refractivity contribution in [2.24, 2.45) is 0 Å². The van der Waals surface area contributed by atoms with Crippen LogP contribution in [0.15, 0.2) is 61.1 Å². The van der Waals surface area contributed by atoms with Crippen molar-refractivity contribution >= 4 is 21.9 Å². The Labute approximate surface area is 217 Å². The van der Waals surface area contributed by atoms with Crippen molar-refractivity contribution in [1.29, 1.82) is 0 Å². The number of halogens is 1. The number of likely N-dealkylation sites (tertiary alicyclic amines) is 1. The molecule has 0 unspecified atom stereocenters. The zero-order valence-electron chi connectivity index (χ0n) is 20.5. The summed E-state index contributed by atoms with van der Waals surface area (Å²) in [5.41, 5.74) is 6.93. The van der Waals surface area contributed by atoms with Crippen molar-refractivity contribution in [2.45, 2.75) is 12.8 Å². The number of hydrogen-bond donors (Lipinski definition) is 3. The van der Waals surface area contributed by atoms with Gasteiger partial charge in [-0.2, -0.15) is 10.2 Å². The second-order valence-electron chi connectivity index (χ2n) is 9.53. The minimum atomic E-state index is -0.359. The highest BCUT2D eigenvalue weighted by molar-refractivity contribution is 5.99. The molecule has 10 heteroatoms. The van der Waals surface area contributed by atoms with E-state index in [1.54, 1.807) is 18.6 Å². The molecular weight excluding hydrogens is 483 g/mol. The van der Waals surface area contributed by atoms with Gasteiger partial charge >= 0.3 is 0 Å². The maximum Gasteiger partial charge on any atom is 0.135 e. The van der Waals surface area contributed by atoms with Crippen molar-refractivity contribution < 1.29 is 9.13 Å². The molecule has 0 spiro atoms. The average Bonchev–Trinajstić information content (AvgIpc) is 3.73. The van der Waals surface area contributed by atoms with Gasteiger partial charge in [-0.1, -0.05) is 0 Å². The van der Waals surface area contributed by atoms with E-state index in [1.165, 1.54) is 25.0 Å². The second-order valence-corrected chi connectivity index (χ2v) is 9.53. The molecule has 3 N–H and O–H groups in total. The molecule has 0 amide bonds. The molecule has 1 aliphatic rings. The van der Waals surface area contributed by atoms with Crippen molar-refractivity contribution in [3.8, 4) is 39.7 Å². The molecule has 1 aromatic carbocycles. The number of pyridine rings is 2. The van der Waals surface area contributed by atoms with Crippen LogP contribution in [0.4, 0.5) is 4.39 Å². The standard InChI is InChI=1S/C28H25FN8O/c29-19-11-17(12-20(13-19)38-10-9-37-7-1-2-8-37)26-21-14-25(33-23(21)5-6-30-26)28-27-24(35-36-28)4-3-22(34-27)18-15-31-32-16-18/h3-6,11-16,33H,1-2,7-10H2,(H,31,32)(H,35,36). The summed E-state index contributed by atoms with van der Waals surface area (Å²) in [5, 5.41) is 15.3. The number of nitrogens with zero attached hydrogens (tertiary/aromatic N) is 5. The Balaban J connectivity index is 1.23. The van der Waals surface area contributed by atoms with Gasteiger partial charge in [0.2, 0.25) is 0 Å². The molecule has 0 saturated carbocycles. The zero-order chi connectivity index (χ0) is 25.5. The summed E-state index contributed by atoms with van der Waals surface area (Å²) in [6.07, 6.45) is 7.72. The largest absolute Gasteiger partial charge is 0.492 e. The number of H-pyrrole nitrogens is 3. The number of aromatic amines is 3. The summed E-state index contributed by atoms with van der Waals surface area (Å²) in [7, 11) is 0. The van der Waals surface area contributed by atoms with E-state index in [-0.39, 0.29) is 5.82 Å². The van der Waals surface area contributed by atoms with E-state index in [1.807, 2.05) is 30.3 Å². The summed E-state index contributed by atoms with van der Waals surface area (Å²) in [4.78, 5) is 15.2. The van der Waals surface area contributed by atoms with Crippen LogP contribution in [0, 0.1) is 5.82 Å². The topological polar surface area (TPSA) is 111 Å². The van der Waals surface area contributed by atoms with E-state index in [2.05, 4.69) is 35.3 Å². The highest BCUT2D eigenvalue weighted by Gasteiger charge is 2.17. The van der Waals surface area contributed by atoms with Crippen LogP contribution in [0.3, 0.4) is 0 Å². The zero-order valence-corrected chi connectivity index (χ0v) is 20.5. The normalized spacial score (nSPS) is 14.1. The third-order valence-corrected chi connectivity index (χ3v) is 7.02. The van der Waals surface area contributed by atoms with Crippen LogP contribution in [0.2, 0.25) is 0 Å². The predicted octanol–water partition coefficient (Wildman–Crippen LogP) is 5.17. The molecule has 1 aliphatic heterocycles. The highest BCUT2D eigenvalue weighted by Crippen LogP contribution is 2.34. The molecule has 9 nitrogen and oxygen atoms in total. The van der Waals surface area contributed by atoms with Gasteiger partial charge in [-0.25, -0.2) is 9.37 Å². The van der Waals surface area contributed by atoms with Gasteiger partial charge in [-0.3, -0.25) is 20.1 Å². The lowest BCUT2D eigenvalue weighted by molar-refractivity contribution is 0.237. The van der Waals surface area contributed by atoms with Gasteiger partial charge in [0.05, 0.1) is 28.8 Å². The molecule has 6 aromatic rings. The molecule has 6 heterocycles. The third kappa shape index (κ3) is 4.18. The molecule has 5 aromatic heterocycles. The first-order valence-corrected chi connectivity index (χ1v) is 12.7. The molecule has 1 saturated heterocycles. The van der Waals surface area contributed by atoms with Crippen molar-refractivity contribution in [3.63, 3.8) is 0 Å². The van der Waals surface area contributed by atoms with E-state index >= 15 is 0 Å². The monoisotopic (exact) mass is 508 g/mol. The lowest BCUT2D eigenvalue weighted by Gasteiger charge is -2.15. The maximum atomic E-state index is 14.6. The molecule has 0 aliphatic carbocycles. The van der Waals surface area contributed by atoms with Crippen LogP contribution < -0.4 is 4.74 Å². The number of benzene rings is 1. The Morgan fingerprint density at radius 1 is 0.974 bits per heavy atom. The van der Waals surface area contributed by atoms with Crippen LogP contribution >= 0.6 is 0 Å². The Bertz CT molecular complexity index is 1730. The van der Waals surface area contributed by atoms with Crippen LogP contribution in [0.25, 0.3) is 55.8 Å². The Kier molecular flexibility index (Phi) is 5.58. The number of aromatic nitrogens is 7. The van der Waals surface area contributed by atoms with Crippen molar-refractivity contribution in [2.75, 3.05) is 26.2 Å². The molecule has 0 bridgehead atoms. The minimum absolute atomic E-state index is 0.359. The van der Waals surface area contributed by atoms with E-state index in [9.17, 15) is 4.39 Å². The lowest BCUT2D eigenvalue weighted by Crippen LogP contribution is -2.25. The van der Waals surface area contributed by atoms with Gasteiger partial charge in [-0.05, 0) is 62.3 Å². The number of fused-ring (bicyclic) bond motifs is 2. The quantitative estimate of drug-likeness (QED) is 0.274. The Morgan fingerprint density at radius 2 is 1.89 bits per heavy atom. The van der Waals surface area contributed by atoms with Gasteiger partial charge in [0.15, 0.2) is 0 Å². The fourth-order valence-corrected chi connectivity index (χ4v) is 5.13. The third-order valence-electron chi connectivity index (χ3n) is 7.02. The van der Waals surface area contributed by atoms with Crippen LogP contribution in [0.5, 0.6) is 5.75 Å². The number of hydrogen-bond acceptors (Lipinski definition) is 6. The molecule has 0 radical (unpaired) electrons. The SMILES string of the molecule is Fc1cc(OCCN2CCCC2)cc(-c2nccc3[nH]c(-c4n[nH]c5ccc(-c6cn[nH]c6)nc45)cc23)c1. The summed E-state index contributed by atoms with van der Waals surface area (Å²) in [6.45, 7) is 3.57. The lowest BCUT2D eigenvalue weighted by atomic mass is 10.1. The van der Waals surface area contributed by atoms with Gasteiger partial charge in [-0.15, -0.1) is 0 Å². The Hall–Kier alpha value is -4.57. The van der Waals surface area contributed by atoms with E-state index in [4.69, 9.17) is 9.72 Å². The first kappa shape index (κ1) is 22.6. The molecule has 7 rings (SSSR count). The molecular formula is C28H25FN8O. The van der Waals surface area contributed by atoms with E-state index in [0.717, 1.165) is 58.5 Å². The smallest absolute Gasteiger partial charge is 0.135 e. The van der Waals surface area contributed by atoms with Crippen LogP contribution in [-0.2, 0) is 0 Å². The fraction of sp³-hybridized carbons (Fsp3) is 0.214. The van der Waals surface area contributed by atoms with Gasteiger partial charge in [0.1, 0.15) is 29.4 Å². The molecule has 38 heavy (non-hydrogen) atoms. The maximum absolute atomic E-state index is 14.6.